The van der Waals surface area contributed by atoms with Gasteiger partial charge in [-0.1, -0.05) is 17.7 Å². The highest BCUT2D eigenvalue weighted by atomic mass is 79.9. The van der Waals surface area contributed by atoms with Crippen molar-refractivity contribution in [3.05, 3.63) is 57.4 Å². The van der Waals surface area contributed by atoms with Crippen LogP contribution in [0.5, 0.6) is 0 Å². The summed E-state index contributed by atoms with van der Waals surface area (Å²) in [6.07, 6.45) is 1.74. The number of nitrogens with zero attached hydrogens (tertiary/aromatic N) is 2. The fourth-order valence-corrected chi connectivity index (χ4v) is 2.02. The highest BCUT2D eigenvalue weighted by Gasteiger charge is 2.06. The molecule has 0 N–H and O–H groups in total. The molecule has 0 aliphatic heterocycles. The topological polar surface area (TPSA) is 16.1 Å². The summed E-state index contributed by atoms with van der Waals surface area (Å²) in [5.74, 6) is 0.448. The number of rotatable bonds is 3. The zero-order valence-corrected chi connectivity index (χ0v) is 12.0. The summed E-state index contributed by atoms with van der Waals surface area (Å²) in [6, 6.07) is 8.56. The third kappa shape index (κ3) is 3.21. The minimum atomic E-state index is -0.398. The number of anilines is 1. The van der Waals surface area contributed by atoms with E-state index in [9.17, 15) is 4.39 Å². The summed E-state index contributed by atoms with van der Waals surface area (Å²) >= 11 is 9.09. The van der Waals surface area contributed by atoms with Gasteiger partial charge >= 0.3 is 0 Å². The Kier molecular flexibility index (Phi) is 4.19. The van der Waals surface area contributed by atoms with Gasteiger partial charge in [0.2, 0.25) is 0 Å². The van der Waals surface area contributed by atoms with E-state index in [1.54, 1.807) is 18.3 Å². The molecule has 0 bridgehead atoms. The standard InChI is InChI=1S/C13H11BrClFN2/c1-18(13-5-3-10(14)7-17-13)8-9-2-4-12(16)11(15)6-9/h2-7H,8H2,1H3. The van der Waals surface area contributed by atoms with Gasteiger partial charge in [0.25, 0.3) is 0 Å². The van der Waals surface area contributed by atoms with Crippen molar-refractivity contribution in [2.45, 2.75) is 6.54 Å². The third-order valence-electron chi connectivity index (χ3n) is 2.51. The molecule has 2 rings (SSSR count). The zero-order chi connectivity index (χ0) is 13.1. The van der Waals surface area contributed by atoms with Crippen molar-refractivity contribution in [1.29, 1.82) is 0 Å². The summed E-state index contributed by atoms with van der Waals surface area (Å²) in [5, 5.41) is 0.143. The van der Waals surface area contributed by atoms with Crippen LogP contribution < -0.4 is 4.90 Å². The Hall–Kier alpha value is -1.13. The number of hydrogen-bond donors (Lipinski definition) is 0. The lowest BCUT2D eigenvalue weighted by Crippen LogP contribution is -2.17. The molecule has 0 aliphatic rings. The van der Waals surface area contributed by atoms with Gasteiger partial charge in [0.1, 0.15) is 11.6 Å². The van der Waals surface area contributed by atoms with Crippen LogP contribution in [0.2, 0.25) is 5.02 Å². The monoisotopic (exact) mass is 328 g/mol. The number of benzene rings is 1. The Morgan fingerprint density at radius 2 is 2.11 bits per heavy atom. The molecule has 0 saturated carbocycles. The van der Waals surface area contributed by atoms with Crippen LogP contribution >= 0.6 is 27.5 Å². The molecule has 1 heterocycles. The second-order valence-corrected chi connectivity index (χ2v) is 5.26. The molecule has 0 aliphatic carbocycles. The summed E-state index contributed by atoms with van der Waals surface area (Å²) in [5.41, 5.74) is 0.939. The van der Waals surface area contributed by atoms with Crippen molar-refractivity contribution in [3.8, 4) is 0 Å². The fraction of sp³-hybridized carbons (Fsp3) is 0.154. The van der Waals surface area contributed by atoms with E-state index >= 15 is 0 Å². The minimum absolute atomic E-state index is 0.143. The second-order valence-electron chi connectivity index (χ2n) is 3.94. The van der Waals surface area contributed by atoms with Crippen molar-refractivity contribution in [2.24, 2.45) is 0 Å². The maximum Gasteiger partial charge on any atom is 0.141 e. The van der Waals surface area contributed by atoms with Crippen LogP contribution in [0.15, 0.2) is 41.0 Å². The van der Waals surface area contributed by atoms with E-state index in [-0.39, 0.29) is 5.02 Å². The summed E-state index contributed by atoms with van der Waals surface area (Å²) in [4.78, 5) is 6.25. The van der Waals surface area contributed by atoms with E-state index in [2.05, 4.69) is 20.9 Å². The molecule has 1 aromatic heterocycles. The van der Waals surface area contributed by atoms with Crippen LogP contribution in [0.1, 0.15) is 5.56 Å². The van der Waals surface area contributed by atoms with Crippen LogP contribution in [-0.2, 0) is 6.54 Å². The van der Waals surface area contributed by atoms with Crippen molar-refractivity contribution in [2.75, 3.05) is 11.9 Å². The Balaban J connectivity index is 2.13. The first-order valence-corrected chi connectivity index (χ1v) is 6.50. The van der Waals surface area contributed by atoms with Crippen molar-refractivity contribution < 1.29 is 4.39 Å². The van der Waals surface area contributed by atoms with Gasteiger partial charge in [-0.3, -0.25) is 0 Å². The predicted octanol–water partition coefficient (Wildman–Crippen LogP) is 4.27. The Morgan fingerprint density at radius 1 is 1.33 bits per heavy atom. The van der Waals surface area contributed by atoms with E-state index in [4.69, 9.17) is 11.6 Å². The predicted molar refractivity (Wildman–Crippen MR) is 75.5 cm³/mol. The normalized spacial score (nSPS) is 10.4. The van der Waals surface area contributed by atoms with Crippen molar-refractivity contribution in [1.82, 2.24) is 4.98 Å². The van der Waals surface area contributed by atoms with Gasteiger partial charge in [-0.15, -0.1) is 0 Å². The van der Waals surface area contributed by atoms with Gasteiger partial charge in [-0.2, -0.15) is 0 Å². The third-order valence-corrected chi connectivity index (χ3v) is 3.27. The highest BCUT2D eigenvalue weighted by molar-refractivity contribution is 9.10. The summed E-state index contributed by atoms with van der Waals surface area (Å²) in [6.45, 7) is 0.620. The molecule has 0 spiro atoms. The van der Waals surface area contributed by atoms with Gasteiger partial charge in [-0.05, 0) is 45.8 Å². The van der Waals surface area contributed by atoms with Gasteiger partial charge in [-0.25, -0.2) is 9.37 Å². The fourth-order valence-electron chi connectivity index (χ4n) is 1.59. The Bertz CT molecular complexity index is 545. The quantitative estimate of drug-likeness (QED) is 0.836. The molecule has 0 fully saturated rings. The number of halogens is 3. The molecule has 18 heavy (non-hydrogen) atoms. The first kappa shape index (κ1) is 13.3. The molecule has 1 aromatic carbocycles. The average molecular weight is 330 g/mol. The van der Waals surface area contributed by atoms with Gasteiger partial charge in [0.05, 0.1) is 5.02 Å². The molecule has 94 valence electrons. The van der Waals surface area contributed by atoms with Crippen LogP contribution in [0.25, 0.3) is 0 Å². The van der Waals surface area contributed by atoms with Gasteiger partial charge < -0.3 is 4.90 Å². The Labute approximate surface area is 119 Å². The number of pyridine rings is 1. The first-order chi connectivity index (χ1) is 8.56. The lowest BCUT2D eigenvalue weighted by Gasteiger charge is -2.18. The van der Waals surface area contributed by atoms with Gasteiger partial charge in [0, 0.05) is 24.3 Å². The van der Waals surface area contributed by atoms with Crippen LogP contribution in [0, 0.1) is 5.82 Å². The zero-order valence-electron chi connectivity index (χ0n) is 9.70. The highest BCUT2D eigenvalue weighted by Crippen LogP contribution is 2.19. The molecule has 0 amide bonds. The molecule has 2 nitrogen and oxygen atoms in total. The van der Waals surface area contributed by atoms with E-state index < -0.39 is 5.82 Å². The summed E-state index contributed by atoms with van der Waals surface area (Å²) in [7, 11) is 1.92. The lowest BCUT2D eigenvalue weighted by molar-refractivity contribution is 0.627. The molecule has 0 unspecified atom stereocenters. The second kappa shape index (κ2) is 5.67. The number of aromatic nitrogens is 1. The molecule has 0 saturated heterocycles. The maximum atomic E-state index is 13.0. The SMILES string of the molecule is CN(Cc1ccc(F)c(Cl)c1)c1ccc(Br)cn1. The van der Waals surface area contributed by atoms with E-state index in [1.807, 2.05) is 24.1 Å². The van der Waals surface area contributed by atoms with Crippen molar-refractivity contribution >= 4 is 33.3 Å². The lowest BCUT2D eigenvalue weighted by atomic mass is 10.2. The van der Waals surface area contributed by atoms with Crippen LogP contribution in [0.3, 0.4) is 0 Å². The minimum Gasteiger partial charge on any atom is -0.355 e. The summed E-state index contributed by atoms with van der Waals surface area (Å²) < 4.78 is 14.0. The maximum absolute atomic E-state index is 13.0. The molecular weight excluding hydrogens is 319 g/mol. The largest absolute Gasteiger partial charge is 0.355 e. The van der Waals surface area contributed by atoms with E-state index in [0.717, 1.165) is 15.9 Å². The first-order valence-electron chi connectivity index (χ1n) is 5.33. The average Bonchev–Trinajstić information content (AvgIpc) is 2.34. The van der Waals surface area contributed by atoms with Gasteiger partial charge in [0.15, 0.2) is 0 Å². The molecule has 5 heteroatoms. The smallest absolute Gasteiger partial charge is 0.141 e. The van der Waals surface area contributed by atoms with E-state index in [1.165, 1.54) is 6.07 Å². The van der Waals surface area contributed by atoms with Crippen molar-refractivity contribution in [3.63, 3.8) is 0 Å². The molecule has 0 radical (unpaired) electrons. The Morgan fingerprint density at radius 3 is 2.72 bits per heavy atom. The van der Waals surface area contributed by atoms with Crippen LogP contribution in [0.4, 0.5) is 10.2 Å². The molecular formula is C13H11BrClFN2. The van der Waals surface area contributed by atoms with E-state index in [0.29, 0.717) is 6.54 Å². The number of hydrogen-bond acceptors (Lipinski definition) is 2. The molecule has 0 atom stereocenters. The van der Waals surface area contributed by atoms with Crippen LogP contribution in [-0.4, -0.2) is 12.0 Å². The molecule has 2 aromatic rings.